The lowest BCUT2D eigenvalue weighted by Gasteiger charge is -2.46. The fraction of sp³-hybridized carbons (Fsp3) is 0.794. The first-order valence-corrected chi connectivity index (χ1v) is 16.7. The van der Waals surface area contributed by atoms with E-state index in [1.165, 1.54) is 0 Å². The molecule has 0 aromatic rings. The fourth-order valence-electron chi connectivity index (χ4n) is 8.45. The van der Waals surface area contributed by atoms with Gasteiger partial charge in [-0.1, -0.05) is 53.7 Å². The van der Waals surface area contributed by atoms with Crippen LogP contribution in [0.5, 0.6) is 0 Å². The predicted molar refractivity (Wildman–Crippen MR) is 173 cm³/mol. The summed E-state index contributed by atoms with van der Waals surface area (Å²) in [4.78, 5) is 49.6. The second kappa shape index (κ2) is 12.7. The predicted octanol–water partition coefficient (Wildman–Crippen LogP) is 5.53. The molecule has 3 fully saturated rings. The van der Waals surface area contributed by atoms with Crippen LogP contribution in [0.1, 0.15) is 94.4 Å². The summed E-state index contributed by atoms with van der Waals surface area (Å²) in [7, 11) is 0. The van der Waals surface area contributed by atoms with E-state index in [0.717, 1.165) is 19.3 Å². The lowest BCUT2D eigenvalue weighted by atomic mass is 9.66. The van der Waals surface area contributed by atoms with Gasteiger partial charge in [0.25, 0.3) is 0 Å². The van der Waals surface area contributed by atoms with Crippen LogP contribution >= 0.6 is 11.8 Å². The normalized spacial score (nSPS) is 29.5. The van der Waals surface area contributed by atoms with Crippen molar-refractivity contribution in [3.05, 3.63) is 25.3 Å². The summed E-state index contributed by atoms with van der Waals surface area (Å²) in [6, 6.07) is -1.25. The number of carbonyl (C=O) groups excluding carboxylic acids is 3. The van der Waals surface area contributed by atoms with Crippen molar-refractivity contribution in [2.24, 2.45) is 23.2 Å². The van der Waals surface area contributed by atoms with Gasteiger partial charge < -0.3 is 19.8 Å². The first-order chi connectivity index (χ1) is 19.4. The minimum absolute atomic E-state index is 0.0138. The molecule has 42 heavy (non-hydrogen) atoms. The zero-order chi connectivity index (χ0) is 31.8. The fourth-order valence-corrected chi connectivity index (χ4v) is 10.8. The van der Waals surface area contributed by atoms with Crippen LogP contribution in [0.4, 0.5) is 0 Å². The average molecular weight is 604 g/mol. The van der Waals surface area contributed by atoms with Gasteiger partial charge >= 0.3 is 0 Å². The number of nitrogens with zero attached hydrogens (tertiary/aromatic N) is 3. The minimum Gasteiger partial charge on any atom is -0.394 e. The summed E-state index contributed by atoms with van der Waals surface area (Å²) in [6.07, 6.45) is 7.14. The first-order valence-electron chi connectivity index (χ1n) is 15.9. The number of hydrogen-bond acceptors (Lipinski definition) is 5. The summed E-state index contributed by atoms with van der Waals surface area (Å²) in [6.45, 7) is 28.0. The summed E-state index contributed by atoms with van der Waals surface area (Å²) < 4.78 is -1.16. The van der Waals surface area contributed by atoms with Crippen LogP contribution in [0.15, 0.2) is 25.3 Å². The summed E-state index contributed by atoms with van der Waals surface area (Å²) in [5, 5.41) is 10.7. The van der Waals surface area contributed by atoms with Gasteiger partial charge in [-0.3, -0.25) is 14.4 Å². The molecule has 0 aromatic carbocycles. The van der Waals surface area contributed by atoms with Crippen LogP contribution in [0.2, 0.25) is 0 Å². The number of likely N-dealkylation sites (tertiary alicyclic amines) is 1. The number of hydrogen-bond donors (Lipinski definition) is 1. The maximum Gasteiger partial charge on any atom is 0.247 e. The number of carbonyl (C=O) groups is 3. The molecule has 0 saturated carbocycles. The number of rotatable bonds is 14. The first kappa shape index (κ1) is 34.7. The summed E-state index contributed by atoms with van der Waals surface area (Å²) in [5.74, 6) is -1.17. The monoisotopic (exact) mass is 603 g/mol. The molecule has 3 aliphatic rings. The Morgan fingerprint density at radius 1 is 1.12 bits per heavy atom. The molecule has 0 aliphatic carbocycles. The van der Waals surface area contributed by atoms with Crippen LogP contribution in [0.3, 0.4) is 0 Å². The Morgan fingerprint density at radius 3 is 2.24 bits per heavy atom. The Morgan fingerprint density at radius 2 is 1.74 bits per heavy atom. The molecule has 0 aromatic heterocycles. The van der Waals surface area contributed by atoms with Gasteiger partial charge in [-0.15, -0.1) is 24.9 Å². The maximum absolute atomic E-state index is 15.1. The second-order valence-electron chi connectivity index (χ2n) is 15.3. The van der Waals surface area contributed by atoms with E-state index in [0.29, 0.717) is 32.5 Å². The van der Waals surface area contributed by atoms with Crippen LogP contribution in [-0.2, 0) is 14.4 Å². The van der Waals surface area contributed by atoms with E-state index in [4.69, 9.17) is 0 Å². The Balaban J connectivity index is 2.20. The molecule has 8 heteroatoms. The highest BCUT2D eigenvalue weighted by molar-refractivity contribution is 8.02. The van der Waals surface area contributed by atoms with E-state index in [9.17, 15) is 14.7 Å². The molecule has 3 heterocycles. The molecule has 238 valence electrons. The lowest BCUT2D eigenvalue weighted by Crippen LogP contribution is -2.61. The third-order valence-electron chi connectivity index (χ3n) is 9.49. The number of aliphatic hydroxyl groups is 1. The van der Waals surface area contributed by atoms with Crippen molar-refractivity contribution in [1.29, 1.82) is 0 Å². The van der Waals surface area contributed by atoms with E-state index in [1.54, 1.807) is 28.8 Å². The van der Waals surface area contributed by atoms with Crippen molar-refractivity contribution in [2.45, 2.75) is 122 Å². The molecule has 1 spiro atoms. The van der Waals surface area contributed by atoms with Crippen LogP contribution < -0.4 is 0 Å². The van der Waals surface area contributed by atoms with Crippen molar-refractivity contribution in [1.82, 2.24) is 14.7 Å². The molecular weight excluding hydrogens is 546 g/mol. The van der Waals surface area contributed by atoms with Crippen LogP contribution in [-0.4, -0.2) is 90.9 Å². The summed E-state index contributed by atoms with van der Waals surface area (Å²) in [5.41, 5.74) is -0.526. The molecule has 3 aliphatic heterocycles. The quantitative estimate of drug-likeness (QED) is 0.264. The van der Waals surface area contributed by atoms with Crippen molar-refractivity contribution < 1.29 is 19.5 Å². The summed E-state index contributed by atoms with van der Waals surface area (Å²) >= 11 is 1.70. The molecule has 7 nitrogen and oxygen atoms in total. The van der Waals surface area contributed by atoms with Crippen molar-refractivity contribution in [3.8, 4) is 0 Å². The Labute approximate surface area is 259 Å². The molecule has 0 radical (unpaired) electrons. The number of amides is 3. The Bertz CT molecular complexity index is 1050. The van der Waals surface area contributed by atoms with Crippen molar-refractivity contribution in [3.63, 3.8) is 0 Å². The molecule has 2 bridgehead atoms. The number of aliphatic hydroxyl groups excluding tert-OH is 1. The van der Waals surface area contributed by atoms with E-state index >= 15 is 4.79 Å². The molecule has 3 rings (SSSR count). The second-order valence-corrected chi connectivity index (χ2v) is 17.2. The van der Waals surface area contributed by atoms with Gasteiger partial charge in [-0.25, -0.2) is 0 Å². The highest BCUT2D eigenvalue weighted by Crippen LogP contribution is 2.72. The lowest BCUT2D eigenvalue weighted by molar-refractivity contribution is -0.150. The van der Waals surface area contributed by atoms with Crippen molar-refractivity contribution >= 4 is 29.5 Å². The van der Waals surface area contributed by atoms with Crippen LogP contribution in [0.25, 0.3) is 0 Å². The standard InChI is InChI=1S/C34H57N3O4S/c1-12-17-35(18-13-2)28(39)25-26-29(40)37(24(21-38)20-23(4)5)27(34(26)16-15-33(25,11)42-34)30(41)36(19-14-3)32(9,10)22-31(6,7)8/h12,14,23-27,38H,1,3,13,15-22H2,2,4-11H3/t24-,25-,26+,27?,33+,34?/m1/s1. The SMILES string of the molecule is C=CCN(CCC)C(=O)[C@H]1[C@H]2C(=O)N([C@@H](CO)CC(C)C)C(C(=O)N(CC=C)C(C)(C)CC(C)(C)C)C23CC[C@]1(C)S3. The molecule has 3 amide bonds. The highest BCUT2D eigenvalue weighted by atomic mass is 32.2. The van der Waals surface area contributed by atoms with E-state index in [-0.39, 0.29) is 35.7 Å². The van der Waals surface area contributed by atoms with Gasteiger partial charge in [0, 0.05) is 29.9 Å². The van der Waals surface area contributed by atoms with Gasteiger partial charge in [-0.2, -0.15) is 0 Å². The smallest absolute Gasteiger partial charge is 0.247 e. The molecule has 6 atom stereocenters. The van der Waals surface area contributed by atoms with E-state index < -0.39 is 39.0 Å². The highest BCUT2D eigenvalue weighted by Gasteiger charge is 2.78. The van der Waals surface area contributed by atoms with E-state index in [2.05, 4.69) is 68.5 Å². The third kappa shape index (κ3) is 6.22. The largest absolute Gasteiger partial charge is 0.394 e. The maximum atomic E-state index is 15.1. The van der Waals surface area contributed by atoms with Gasteiger partial charge in [0.2, 0.25) is 17.7 Å². The Hall–Kier alpha value is -1.80. The topological polar surface area (TPSA) is 81.2 Å². The molecule has 1 N–H and O–H groups in total. The van der Waals surface area contributed by atoms with Crippen molar-refractivity contribution in [2.75, 3.05) is 26.2 Å². The van der Waals surface area contributed by atoms with Crippen LogP contribution in [0, 0.1) is 23.2 Å². The average Bonchev–Trinajstić information content (AvgIpc) is 3.44. The van der Waals surface area contributed by atoms with E-state index in [1.807, 2.05) is 16.7 Å². The molecule has 3 saturated heterocycles. The molecule has 2 unspecified atom stereocenters. The third-order valence-corrected chi connectivity index (χ3v) is 11.5. The Kier molecular flexibility index (Phi) is 10.5. The van der Waals surface area contributed by atoms with Gasteiger partial charge in [0.15, 0.2) is 0 Å². The zero-order valence-electron chi connectivity index (χ0n) is 27.7. The zero-order valence-corrected chi connectivity index (χ0v) is 28.6. The van der Waals surface area contributed by atoms with Gasteiger partial charge in [0.1, 0.15) is 6.04 Å². The number of fused-ring (bicyclic) bond motifs is 1. The van der Waals surface area contributed by atoms with Gasteiger partial charge in [0.05, 0.1) is 29.2 Å². The minimum atomic E-state index is -0.756. The van der Waals surface area contributed by atoms with Gasteiger partial charge in [-0.05, 0) is 64.2 Å². The number of thioether (sulfide) groups is 1. The molecular formula is C34H57N3O4S.